The Morgan fingerprint density at radius 3 is 2.20 bits per heavy atom. The number of carbonyl (C=O) groups excluding carboxylic acids is 1. The maximum Gasteiger partial charge on any atom is 0.261 e. The lowest BCUT2D eigenvalue weighted by atomic mass is 9.94. The minimum absolute atomic E-state index is 0.120. The summed E-state index contributed by atoms with van der Waals surface area (Å²) in [5, 5.41) is 3.22. The minimum atomic E-state index is -3.64. The molecule has 2 aliphatic carbocycles. The zero-order valence-corrected chi connectivity index (χ0v) is 18.3. The second-order valence-corrected chi connectivity index (χ2v) is 10.3. The normalized spacial score (nSPS) is 18.2. The molecule has 0 aliphatic heterocycles. The lowest BCUT2D eigenvalue weighted by Gasteiger charge is -2.20. The molecule has 2 aromatic carbocycles. The van der Waals surface area contributed by atoms with Gasteiger partial charge in [-0.3, -0.25) is 9.52 Å². The highest BCUT2D eigenvalue weighted by atomic mass is 32.2. The second-order valence-electron chi connectivity index (χ2n) is 8.61. The van der Waals surface area contributed by atoms with E-state index in [0.717, 1.165) is 49.7 Å². The number of hydrogen-bond donors (Lipinski definition) is 2. The summed E-state index contributed by atoms with van der Waals surface area (Å²) in [6.07, 6.45) is 8.18. The Hall–Kier alpha value is -2.34. The highest BCUT2D eigenvalue weighted by Gasteiger charge is 2.51. The number of nitrogens with one attached hydrogen (secondary N) is 2. The quantitative estimate of drug-likeness (QED) is 0.651. The van der Waals surface area contributed by atoms with Crippen LogP contribution < -0.4 is 10.0 Å². The van der Waals surface area contributed by atoms with Gasteiger partial charge in [0.25, 0.3) is 10.0 Å². The third-order valence-electron chi connectivity index (χ3n) is 6.34. The van der Waals surface area contributed by atoms with Crippen molar-refractivity contribution in [2.45, 2.75) is 74.6 Å². The molecule has 2 N–H and O–H groups in total. The first-order valence-corrected chi connectivity index (χ1v) is 12.4. The molecule has 0 unspecified atom stereocenters. The maximum absolute atomic E-state index is 12.8. The number of hydrogen-bond acceptors (Lipinski definition) is 3. The van der Waals surface area contributed by atoms with Gasteiger partial charge in [-0.25, -0.2) is 8.42 Å². The fourth-order valence-corrected chi connectivity index (χ4v) is 5.42. The van der Waals surface area contributed by atoms with Crippen LogP contribution in [0.25, 0.3) is 0 Å². The topological polar surface area (TPSA) is 75.3 Å². The smallest absolute Gasteiger partial charge is 0.261 e. The third-order valence-corrected chi connectivity index (χ3v) is 7.73. The molecular formula is C24H30N2O3S. The van der Waals surface area contributed by atoms with E-state index in [1.807, 2.05) is 24.3 Å². The molecule has 0 radical (unpaired) electrons. The Bertz CT molecular complexity index is 988. The minimum Gasteiger partial charge on any atom is -0.353 e. The van der Waals surface area contributed by atoms with Crippen LogP contribution in [-0.4, -0.2) is 20.4 Å². The summed E-state index contributed by atoms with van der Waals surface area (Å²) in [4.78, 5) is 13.1. The summed E-state index contributed by atoms with van der Waals surface area (Å²) in [7, 11) is -3.64. The number of amides is 1. The summed E-state index contributed by atoms with van der Waals surface area (Å²) in [6, 6.07) is 14.6. The largest absolute Gasteiger partial charge is 0.353 e. The van der Waals surface area contributed by atoms with Crippen LogP contribution in [-0.2, 0) is 26.7 Å². The number of anilines is 1. The van der Waals surface area contributed by atoms with E-state index in [-0.39, 0.29) is 10.8 Å². The molecule has 0 bridgehead atoms. The molecule has 160 valence electrons. The lowest BCUT2D eigenvalue weighted by molar-refractivity contribution is -0.124. The van der Waals surface area contributed by atoms with E-state index in [1.165, 1.54) is 12.8 Å². The lowest BCUT2D eigenvalue weighted by Crippen LogP contribution is -2.40. The average Bonchev–Trinajstić information content (AvgIpc) is 3.39. The van der Waals surface area contributed by atoms with E-state index in [4.69, 9.17) is 0 Å². The van der Waals surface area contributed by atoms with Gasteiger partial charge in [-0.1, -0.05) is 50.5 Å². The Morgan fingerprint density at radius 2 is 1.63 bits per heavy atom. The highest BCUT2D eigenvalue weighted by molar-refractivity contribution is 7.92. The molecule has 6 heteroatoms. The van der Waals surface area contributed by atoms with E-state index >= 15 is 0 Å². The van der Waals surface area contributed by atoms with Gasteiger partial charge in [-0.15, -0.1) is 0 Å². The molecule has 0 atom stereocenters. The van der Waals surface area contributed by atoms with Gasteiger partial charge in [-0.05, 0) is 67.5 Å². The van der Waals surface area contributed by atoms with Crippen molar-refractivity contribution >= 4 is 21.6 Å². The first kappa shape index (κ1) is 20.9. The van der Waals surface area contributed by atoms with Crippen molar-refractivity contribution in [3.8, 4) is 0 Å². The first-order chi connectivity index (χ1) is 14.4. The maximum atomic E-state index is 12.8. The molecule has 4 rings (SSSR count). The Kier molecular flexibility index (Phi) is 5.87. The number of benzene rings is 2. The van der Waals surface area contributed by atoms with E-state index in [9.17, 15) is 13.2 Å². The van der Waals surface area contributed by atoms with Gasteiger partial charge in [-0.2, -0.15) is 0 Å². The van der Waals surface area contributed by atoms with Crippen LogP contribution in [0, 0.1) is 0 Å². The SMILES string of the molecule is CCCc1ccc(S(=O)(=O)Nc2ccc(C3(C(=O)NC4CCCC4)CC3)cc2)cc1. The zero-order valence-electron chi connectivity index (χ0n) is 17.5. The van der Waals surface area contributed by atoms with Crippen molar-refractivity contribution in [1.82, 2.24) is 5.32 Å². The molecule has 2 aliphatic rings. The van der Waals surface area contributed by atoms with E-state index in [2.05, 4.69) is 17.0 Å². The summed E-state index contributed by atoms with van der Waals surface area (Å²) < 4.78 is 28.0. The molecule has 0 spiro atoms. The van der Waals surface area contributed by atoms with Crippen LogP contribution in [0.2, 0.25) is 0 Å². The van der Waals surface area contributed by atoms with Crippen LogP contribution in [0.3, 0.4) is 0 Å². The first-order valence-electron chi connectivity index (χ1n) is 11.0. The monoisotopic (exact) mass is 426 g/mol. The van der Waals surface area contributed by atoms with Gasteiger partial charge < -0.3 is 5.32 Å². The van der Waals surface area contributed by atoms with Gasteiger partial charge >= 0.3 is 0 Å². The van der Waals surface area contributed by atoms with Crippen LogP contribution in [0.1, 0.15) is 63.0 Å². The summed E-state index contributed by atoms with van der Waals surface area (Å²) in [5.74, 6) is 0.120. The predicted molar refractivity (Wildman–Crippen MR) is 119 cm³/mol. The molecule has 0 aromatic heterocycles. The van der Waals surface area contributed by atoms with E-state index in [0.29, 0.717) is 11.7 Å². The number of sulfonamides is 1. The van der Waals surface area contributed by atoms with Crippen molar-refractivity contribution < 1.29 is 13.2 Å². The van der Waals surface area contributed by atoms with Gasteiger partial charge in [0.2, 0.25) is 5.91 Å². The zero-order chi connectivity index (χ0) is 21.2. The van der Waals surface area contributed by atoms with Crippen LogP contribution in [0.5, 0.6) is 0 Å². The van der Waals surface area contributed by atoms with Gasteiger partial charge in [0.15, 0.2) is 0 Å². The third kappa shape index (κ3) is 4.38. The van der Waals surface area contributed by atoms with Crippen LogP contribution >= 0.6 is 0 Å². The molecule has 2 aromatic rings. The van der Waals surface area contributed by atoms with E-state index in [1.54, 1.807) is 24.3 Å². The number of carbonyl (C=O) groups is 1. The Morgan fingerprint density at radius 1 is 1.00 bits per heavy atom. The predicted octanol–water partition coefficient (Wildman–Crippen LogP) is 4.53. The van der Waals surface area contributed by atoms with Crippen LogP contribution in [0.4, 0.5) is 5.69 Å². The molecule has 30 heavy (non-hydrogen) atoms. The molecule has 2 saturated carbocycles. The van der Waals surface area contributed by atoms with Crippen molar-refractivity contribution in [3.05, 3.63) is 59.7 Å². The van der Waals surface area contributed by atoms with Crippen molar-refractivity contribution in [3.63, 3.8) is 0 Å². The van der Waals surface area contributed by atoms with Crippen molar-refractivity contribution in [2.75, 3.05) is 4.72 Å². The molecule has 5 nitrogen and oxygen atoms in total. The fraction of sp³-hybridized carbons (Fsp3) is 0.458. The standard InChI is InChI=1S/C24H30N2O3S/c1-2-5-18-8-14-22(15-9-18)30(28,29)26-21-12-10-19(11-13-21)24(16-17-24)23(27)25-20-6-3-4-7-20/h8-15,20,26H,2-7,16-17H2,1H3,(H,25,27). The second kappa shape index (κ2) is 8.42. The summed E-state index contributed by atoms with van der Waals surface area (Å²) in [6.45, 7) is 2.10. The molecular weight excluding hydrogens is 396 g/mol. The molecule has 2 fully saturated rings. The molecule has 0 saturated heterocycles. The highest BCUT2D eigenvalue weighted by Crippen LogP contribution is 2.49. The number of rotatable bonds is 8. The van der Waals surface area contributed by atoms with Crippen LogP contribution in [0.15, 0.2) is 53.4 Å². The molecule has 0 heterocycles. The average molecular weight is 427 g/mol. The van der Waals surface area contributed by atoms with E-state index < -0.39 is 15.4 Å². The van der Waals surface area contributed by atoms with Crippen molar-refractivity contribution in [1.29, 1.82) is 0 Å². The van der Waals surface area contributed by atoms with Crippen molar-refractivity contribution in [2.24, 2.45) is 0 Å². The molecule has 1 amide bonds. The Balaban J connectivity index is 1.43. The fourth-order valence-electron chi connectivity index (χ4n) is 4.36. The Labute approximate surface area is 179 Å². The summed E-state index contributed by atoms with van der Waals surface area (Å²) in [5.41, 5.74) is 2.16. The van der Waals surface area contributed by atoms with Gasteiger partial charge in [0, 0.05) is 11.7 Å². The summed E-state index contributed by atoms with van der Waals surface area (Å²) >= 11 is 0. The van der Waals surface area contributed by atoms with Gasteiger partial charge in [0.1, 0.15) is 0 Å². The van der Waals surface area contributed by atoms with Gasteiger partial charge in [0.05, 0.1) is 10.3 Å². The number of aryl methyl sites for hydroxylation is 1.